The number of nitrogens with one attached hydrogen (secondary N) is 1. The summed E-state index contributed by atoms with van der Waals surface area (Å²) in [5.74, 6) is -0.986. The van der Waals surface area contributed by atoms with Gasteiger partial charge in [-0.3, -0.25) is 4.79 Å². The van der Waals surface area contributed by atoms with E-state index in [1.807, 2.05) is 18.2 Å². The van der Waals surface area contributed by atoms with Crippen molar-refractivity contribution in [1.29, 1.82) is 0 Å². The maximum atomic E-state index is 10.6. The van der Waals surface area contributed by atoms with Crippen molar-refractivity contribution >= 4 is 17.0 Å². The highest BCUT2D eigenvalue weighted by molar-refractivity contribution is 5.76. The molecular weight excluding hydrogens is 194 g/mol. The number of aliphatic carboxylic acids is 1. The van der Waals surface area contributed by atoms with E-state index < -0.39 is 12.0 Å². The van der Waals surface area contributed by atoms with Crippen molar-refractivity contribution in [3.8, 4) is 0 Å². The molecule has 0 bridgehead atoms. The Morgan fingerprint density at radius 3 is 3.13 bits per heavy atom. The maximum Gasteiger partial charge on any atom is 0.320 e. The number of carbonyl (C=O) groups is 1. The molecule has 15 heavy (non-hydrogen) atoms. The molecule has 5 heteroatoms. The highest BCUT2D eigenvalue weighted by atomic mass is 16.4. The van der Waals surface area contributed by atoms with Gasteiger partial charge in [0.15, 0.2) is 0 Å². The van der Waals surface area contributed by atoms with Gasteiger partial charge in [-0.25, -0.2) is 4.98 Å². The van der Waals surface area contributed by atoms with Gasteiger partial charge in [0, 0.05) is 0 Å². The third-order valence-electron chi connectivity index (χ3n) is 2.26. The minimum absolute atomic E-state index is 0.324. The van der Waals surface area contributed by atoms with Crippen LogP contribution < -0.4 is 5.73 Å². The quantitative estimate of drug-likeness (QED) is 0.681. The molecule has 0 aliphatic heterocycles. The summed E-state index contributed by atoms with van der Waals surface area (Å²) >= 11 is 0. The van der Waals surface area contributed by atoms with Crippen molar-refractivity contribution in [2.75, 3.05) is 0 Å². The lowest BCUT2D eigenvalue weighted by molar-refractivity contribution is -0.138. The third kappa shape index (κ3) is 1.97. The number of rotatable bonds is 3. The molecule has 1 aromatic heterocycles. The third-order valence-corrected chi connectivity index (χ3v) is 2.26. The fourth-order valence-electron chi connectivity index (χ4n) is 1.45. The molecule has 5 nitrogen and oxygen atoms in total. The molecular formula is C10H11N3O2. The fourth-order valence-corrected chi connectivity index (χ4v) is 1.45. The first-order valence-electron chi connectivity index (χ1n) is 4.57. The number of carboxylic acid groups (broad SMARTS) is 1. The Kier molecular flexibility index (Phi) is 2.39. The second-order valence-corrected chi connectivity index (χ2v) is 3.40. The van der Waals surface area contributed by atoms with Crippen LogP contribution in [0.4, 0.5) is 0 Å². The standard InChI is InChI=1S/C10H11N3O2/c11-7(10(14)15)3-6-1-2-8-9(4-6)13-5-12-8/h1-2,4-5,7H,3,11H2,(H,12,13)(H,14,15)/t7-/m0/s1. The van der Waals surface area contributed by atoms with Crippen LogP contribution in [0.15, 0.2) is 24.5 Å². The van der Waals surface area contributed by atoms with E-state index in [0.29, 0.717) is 6.42 Å². The molecule has 0 unspecified atom stereocenters. The van der Waals surface area contributed by atoms with Gasteiger partial charge in [-0.2, -0.15) is 0 Å². The summed E-state index contributed by atoms with van der Waals surface area (Å²) in [5.41, 5.74) is 8.09. The molecule has 0 radical (unpaired) electrons. The number of carboxylic acids is 1. The van der Waals surface area contributed by atoms with E-state index in [1.54, 1.807) is 6.33 Å². The van der Waals surface area contributed by atoms with Gasteiger partial charge in [0.25, 0.3) is 0 Å². The Balaban J connectivity index is 2.24. The molecule has 1 heterocycles. The van der Waals surface area contributed by atoms with Crippen LogP contribution in [0.5, 0.6) is 0 Å². The summed E-state index contributed by atoms with van der Waals surface area (Å²) in [6.07, 6.45) is 1.93. The minimum Gasteiger partial charge on any atom is -0.480 e. The van der Waals surface area contributed by atoms with Gasteiger partial charge in [-0.1, -0.05) is 6.07 Å². The van der Waals surface area contributed by atoms with Crippen LogP contribution in [-0.4, -0.2) is 27.1 Å². The van der Waals surface area contributed by atoms with Crippen LogP contribution in [-0.2, 0) is 11.2 Å². The number of aromatic nitrogens is 2. The largest absolute Gasteiger partial charge is 0.480 e. The van der Waals surface area contributed by atoms with Crippen molar-refractivity contribution in [3.63, 3.8) is 0 Å². The summed E-state index contributed by atoms with van der Waals surface area (Å²) < 4.78 is 0. The Hall–Kier alpha value is -1.88. The van der Waals surface area contributed by atoms with Gasteiger partial charge in [-0.05, 0) is 24.1 Å². The van der Waals surface area contributed by atoms with Gasteiger partial charge in [0.1, 0.15) is 6.04 Å². The molecule has 1 aromatic carbocycles. The van der Waals surface area contributed by atoms with E-state index in [9.17, 15) is 4.79 Å². The molecule has 0 fully saturated rings. The van der Waals surface area contributed by atoms with E-state index in [4.69, 9.17) is 10.8 Å². The molecule has 0 aliphatic carbocycles. The zero-order valence-electron chi connectivity index (χ0n) is 7.97. The number of imidazole rings is 1. The number of hydrogen-bond donors (Lipinski definition) is 3. The molecule has 0 aliphatic rings. The summed E-state index contributed by atoms with van der Waals surface area (Å²) in [7, 11) is 0. The van der Waals surface area contributed by atoms with Crippen LogP contribution in [0.2, 0.25) is 0 Å². The number of aromatic amines is 1. The van der Waals surface area contributed by atoms with Gasteiger partial charge >= 0.3 is 5.97 Å². The zero-order chi connectivity index (χ0) is 10.8. The van der Waals surface area contributed by atoms with Gasteiger partial charge in [0.05, 0.1) is 17.4 Å². The molecule has 0 saturated carbocycles. The van der Waals surface area contributed by atoms with E-state index in [2.05, 4.69) is 9.97 Å². The molecule has 1 atom stereocenters. The zero-order valence-corrected chi connectivity index (χ0v) is 7.97. The highest BCUT2D eigenvalue weighted by Crippen LogP contribution is 2.12. The first-order valence-corrected chi connectivity index (χ1v) is 4.57. The van der Waals surface area contributed by atoms with Crippen molar-refractivity contribution in [1.82, 2.24) is 9.97 Å². The maximum absolute atomic E-state index is 10.6. The number of H-pyrrole nitrogens is 1. The number of fused-ring (bicyclic) bond motifs is 1. The molecule has 0 spiro atoms. The van der Waals surface area contributed by atoms with Gasteiger partial charge in [-0.15, -0.1) is 0 Å². The normalized spacial score (nSPS) is 12.9. The Labute approximate surface area is 85.9 Å². The number of hydrogen-bond acceptors (Lipinski definition) is 3. The summed E-state index contributed by atoms with van der Waals surface area (Å²) in [4.78, 5) is 17.6. The summed E-state index contributed by atoms with van der Waals surface area (Å²) in [5, 5.41) is 8.67. The van der Waals surface area contributed by atoms with Crippen molar-refractivity contribution in [3.05, 3.63) is 30.1 Å². The Bertz CT molecular complexity index is 492. The predicted molar refractivity (Wildman–Crippen MR) is 55.4 cm³/mol. The average Bonchev–Trinajstić information content (AvgIpc) is 2.64. The summed E-state index contributed by atoms with van der Waals surface area (Å²) in [6.45, 7) is 0. The minimum atomic E-state index is -0.986. The topological polar surface area (TPSA) is 92.0 Å². The lowest BCUT2D eigenvalue weighted by Gasteiger charge is -2.05. The molecule has 2 rings (SSSR count). The second kappa shape index (κ2) is 3.70. The first kappa shape index (κ1) is 9.67. The van der Waals surface area contributed by atoms with Gasteiger partial charge < -0.3 is 15.8 Å². The average molecular weight is 205 g/mol. The van der Waals surface area contributed by atoms with Crippen molar-refractivity contribution < 1.29 is 9.90 Å². The van der Waals surface area contributed by atoms with Crippen molar-refractivity contribution in [2.45, 2.75) is 12.5 Å². The first-order chi connectivity index (χ1) is 7.16. The smallest absolute Gasteiger partial charge is 0.320 e. The Morgan fingerprint density at radius 1 is 1.60 bits per heavy atom. The van der Waals surface area contributed by atoms with E-state index in [1.165, 1.54) is 0 Å². The number of nitrogens with two attached hydrogens (primary N) is 1. The molecule has 0 amide bonds. The van der Waals surface area contributed by atoms with Crippen molar-refractivity contribution in [2.24, 2.45) is 5.73 Å². The lowest BCUT2D eigenvalue weighted by atomic mass is 10.1. The lowest BCUT2D eigenvalue weighted by Crippen LogP contribution is -2.32. The molecule has 2 aromatic rings. The molecule has 4 N–H and O–H groups in total. The molecule has 0 saturated heterocycles. The summed E-state index contributed by atoms with van der Waals surface area (Å²) in [6, 6.07) is 4.69. The number of benzene rings is 1. The Morgan fingerprint density at radius 2 is 2.40 bits per heavy atom. The highest BCUT2D eigenvalue weighted by Gasteiger charge is 2.12. The molecule has 78 valence electrons. The van der Waals surface area contributed by atoms with Crippen LogP contribution in [0.3, 0.4) is 0 Å². The van der Waals surface area contributed by atoms with E-state index in [0.717, 1.165) is 16.6 Å². The van der Waals surface area contributed by atoms with Crippen LogP contribution in [0.1, 0.15) is 5.56 Å². The second-order valence-electron chi connectivity index (χ2n) is 3.40. The van der Waals surface area contributed by atoms with E-state index >= 15 is 0 Å². The SMILES string of the molecule is N[C@@H](Cc1ccc2nc[nH]c2c1)C(=O)O. The predicted octanol–water partition coefficient (Wildman–Crippen LogP) is 0.517. The monoisotopic (exact) mass is 205 g/mol. The van der Waals surface area contributed by atoms with Crippen LogP contribution in [0, 0.1) is 0 Å². The number of nitrogens with zero attached hydrogens (tertiary/aromatic N) is 1. The van der Waals surface area contributed by atoms with Crippen LogP contribution >= 0.6 is 0 Å². The van der Waals surface area contributed by atoms with Crippen LogP contribution in [0.25, 0.3) is 11.0 Å². The van der Waals surface area contributed by atoms with Gasteiger partial charge in [0.2, 0.25) is 0 Å². The fraction of sp³-hybridized carbons (Fsp3) is 0.200. The van der Waals surface area contributed by atoms with E-state index in [-0.39, 0.29) is 0 Å².